The van der Waals surface area contributed by atoms with Crippen LogP contribution in [0.15, 0.2) is 36.4 Å². The Bertz CT molecular complexity index is 679. The Morgan fingerprint density at radius 3 is 2.71 bits per heavy atom. The van der Waals surface area contributed by atoms with Crippen molar-refractivity contribution >= 4 is 23.0 Å². The van der Waals surface area contributed by atoms with Crippen molar-refractivity contribution in [1.82, 2.24) is 0 Å². The molecule has 21 heavy (non-hydrogen) atoms. The van der Waals surface area contributed by atoms with Gasteiger partial charge >= 0.3 is 0 Å². The number of nitrogens with zero attached hydrogens (tertiary/aromatic N) is 1. The van der Waals surface area contributed by atoms with Gasteiger partial charge in [0.2, 0.25) is 0 Å². The van der Waals surface area contributed by atoms with E-state index < -0.39 is 10.7 Å². The highest BCUT2D eigenvalue weighted by Gasteiger charge is 2.10. The van der Waals surface area contributed by atoms with Gasteiger partial charge in [-0.3, -0.25) is 10.1 Å². The predicted octanol–water partition coefficient (Wildman–Crippen LogP) is 4.01. The Labute approximate surface area is 125 Å². The maximum Gasteiger partial charge on any atom is 0.273 e. The Morgan fingerprint density at radius 2 is 2.10 bits per heavy atom. The molecule has 0 radical (unpaired) electrons. The minimum Gasteiger partial charge on any atom is -0.496 e. The zero-order valence-corrected chi connectivity index (χ0v) is 11.9. The van der Waals surface area contributed by atoms with Crippen LogP contribution in [-0.2, 0) is 6.54 Å². The van der Waals surface area contributed by atoms with E-state index in [0.717, 1.165) is 0 Å². The fourth-order valence-corrected chi connectivity index (χ4v) is 1.96. The summed E-state index contributed by atoms with van der Waals surface area (Å²) in [7, 11) is 1.44. The van der Waals surface area contributed by atoms with E-state index in [0.29, 0.717) is 23.5 Å². The maximum absolute atomic E-state index is 13.1. The van der Waals surface area contributed by atoms with Crippen molar-refractivity contribution in [3.63, 3.8) is 0 Å². The normalized spacial score (nSPS) is 10.2. The van der Waals surface area contributed by atoms with Gasteiger partial charge in [-0.15, -0.1) is 0 Å². The first-order chi connectivity index (χ1) is 9.99. The van der Waals surface area contributed by atoms with Crippen LogP contribution in [0, 0.1) is 15.9 Å². The van der Waals surface area contributed by atoms with Crippen molar-refractivity contribution < 1.29 is 14.1 Å². The summed E-state index contributed by atoms with van der Waals surface area (Å²) in [5, 5.41) is 13.9. The lowest BCUT2D eigenvalue weighted by Gasteiger charge is -2.09. The molecule has 0 heterocycles. The maximum atomic E-state index is 13.1. The third-order valence-corrected chi connectivity index (χ3v) is 3.10. The molecular formula is C14H12ClFN2O3. The van der Waals surface area contributed by atoms with E-state index in [1.165, 1.54) is 37.4 Å². The number of nitrogens with one attached hydrogen (secondary N) is 1. The first-order valence-electron chi connectivity index (χ1n) is 6.01. The topological polar surface area (TPSA) is 64.4 Å². The zero-order chi connectivity index (χ0) is 15.4. The number of nitro groups is 1. The molecule has 0 aliphatic rings. The van der Waals surface area contributed by atoms with E-state index in [1.807, 2.05) is 0 Å². The first kappa shape index (κ1) is 15.1. The lowest BCUT2D eigenvalue weighted by atomic mass is 10.2. The highest BCUT2D eigenvalue weighted by Crippen LogP contribution is 2.24. The molecule has 0 spiro atoms. The molecule has 0 aliphatic carbocycles. The summed E-state index contributed by atoms with van der Waals surface area (Å²) in [4.78, 5) is 10.4. The van der Waals surface area contributed by atoms with Gasteiger partial charge in [0.1, 0.15) is 11.6 Å². The van der Waals surface area contributed by atoms with Crippen LogP contribution in [0.5, 0.6) is 5.75 Å². The van der Waals surface area contributed by atoms with Crippen LogP contribution < -0.4 is 10.1 Å². The molecule has 0 unspecified atom stereocenters. The molecule has 0 amide bonds. The monoisotopic (exact) mass is 310 g/mol. The van der Waals surface area contributed by atoms with Gasteiger partial charge in [0.05, 0.1) is 23.1 Å². The van der Waals surface area contributed by atoms with Crippen LogP contribution in [0.1, 0.15) is 5.56 Å². The molecule has 0 atom stereocenters. The van der Waals surface area contributed by atoms with Crippen molar-refractivity contribution in [3.8, 4) is 5.75 Å². The van der Waals surface area contributed by atoms with E-state index in [9.17, 15) is 14.5 Å². The molecule has 110 valence electrons. The van der Waals surface area contributed by atoms with Crippen molar-refractivity contribution in [2.75, 3.05) is 12.4 Å². The number of anilines is 1. The third-order valence-electron chi connectivity index (χ3n) is 2.81. The van der Waals surface area contributed by atoms with Gasteiger partial charge < -0.3 is 10.1 Å². The average Bonchev–Trinajstić information content (AvgIpc) is 2.48. The van der Waals surface area contributed by atoms with Crippen molar-refractivity contribution in [2.45, 2.75) is 6.54 Å². The van der Waals surface area contributed by atoms with Crippen molar-refractivity contribution in [3.05, 3.63) is 62.9 Å². The number of ether oxygens (including phenoxy) is 1. The zero-order valence-electron chi connectivity index (χ0n) is 11.1. The Kier molecular flexibility index (Phi) is 4.59. The van der Waals surface area contributed by atoms with Gasteiger partial charge in [0.25, 0.3) is 5.69 Å². The molecule has 0 bridgehead atoms. The van der Waals surface area contributed by atoms with Crippen LogP contribution in [-0.4, -0.2) is 12.0 Å². The molecule has 7 heteroatoms. The lowest BCUT2D eigenvalue weighted by molar-refractivity contribution is -0.385. The van der Waals surface area contributed by atoms with Gasteiger partial charge in [-0.2, -0.15) is 0 Å². The molecule has 0 aromatic heterocycles. The summed E-state index contributed by atoms with van der Waals surface area (Å²) in [5.41, 5.74) is 1.23. The minimum absolute atomic E-state index is 0.0108. The summed E-state index contributed by atoms with van der Waals surface area (Å²) in [6.45, 7) is 0.319. The molecule has 2 rings (SSSR count). The summed E-state index contributed by atoms with van der Waals surface area (Å²) in [6.07, 6.45) is 0. The molecule has 0 fully saturated rings. The van der Waals surface area contributed by atoms with E-state index >= 15 is 0 Å². The summed E-state index contributed by atoms with van der Waals surface area (Å²) >= 11 is 5.69. The summed E-state index contributed by atoms with van der Waals surface area (Å²) < 4.78 is 18.1. The number of benzene rings is 2. The second-order valence-electron chi connectivity index (χ2n) is 4.28. The molecule has 2 aromatic rings. The second-order valence-corrected chi connectivity index (χ2v) is 4.69. The molecule has 2 aromatic carbocycles. The van der Waals surface area contributed by atoms with Gasteiger partial charge in [0, 0.05) is 18.3 Å². The van der Waals surface area contributed by atoms with Crippen molar-refractivity contribution in [2.24, 2.45) is 0 Å². The molecule has 5 nitrogen and oxygen atoms in total. The van der Waals surface area contributed by atoms with E-state index in [1.54, 1.807) is 6.07 Å². The molecule has 0 saturated carbocycles. The molecule has 0 saturated heterocycles. The van der Waals surface area contributed by atoms with Crippen LogP contribution in [0.2, 0.25) is 5.02 Å². The molecular weight excluding hydrogens is 299 g/mol. The van der Waals surface area contributed by atoms with E-state index in [4.69, 9.17) is 16.3 Å². The highest BCUT2D eigenvalue weighted by atomic mass is 35.5. The second kappa shape index (κ2) is 6.41. The Hall–Kier alpha value is -2.34. The quantitative estimate of drug-likeness (QED) is 0.669. The van der Waals surface area contributed by atoms with Gasteiger partial charge in [-0.1, -0.05) is 11.6 Å². The Balaban J connectivity index is 2.17. The average molecular weight is 311 g/mol. The number of non-ortho nitro benzene ring substituents is 1. The van der Waals surface area contributed by atoms with Gasteiger partial charge in [0.15, 0.2) is 0 Å². The largest absolute Gasteiger partial charge is 0.496 e. The molecule has 1 N–H and O–H groups in total. The number of hydrogen-bond acceptors (Lipinski definition) is 4. The van der Waals surface area contributed by atoms with E-state index in [2.05, 4.69) is 5.32 Å². The fraction of sp³-hybridized carbons (Fsp3) is 0.143. The Morgan fingerprint density at radius 1 is 1.33 bits per heavy atom. The number of hydrogen-bond donors (Lipinski definition) is 1. The van der Waals surface area contributed by atoms with Crippen LogP contribution in [0.4, 0.5) is 15.8 Å². The predicted molar refractivity (Wildman–Crippen MR) is 78.4 cm³/mol. The first-order valence-corrected chi connectivity index (χ1v) is 6.38. The van der Waals surface area contributed by atoms with Crippen LogP contribution in [0.25, 0.3) is 0 Å². The number of rotatable bonds is 5. The van der Waals surface area contributed by atoms with Crippen molar-refractivity contribution in [1.29, 1.82) is 0 Å². The summed E-state index contributed by atoms with van der Waals surface area (Å²) in [5.74, 6) is -0.0997. The molecule has 0 aliphatic heterocycles. The van der Waals surface area contributed by atoms with Crippen LogP contribution in [0.3, 0.4) is 0 Å². The number of nitro benzene ring substituents is 1. The van der Waals surface area contributed by atoms with Gasteiger partial charge in [-0.25, -0.2) is 4.39 Å². The van der Waals surface area contributed by atoms with E-state index in [-0.39, 0.29) is 10.7 Å². The highest BCUT2D eigenvalue weighted by molar-refractivity contribution is 6.31. The smallest absolute Gasteiger partial charge is 0.273 e. The third kappa shape index (κ3) is 3.82. The number of halogens is 2. The standard InChI is InChI=1S/C14H12ClFN2O3/c1-21-12-5-9(4-11(7-12)18(19)20)8-17-10-2-3-14(16)13(15)6-10/h2-7,17H,8H2,1H3. The SMILES string of the molecule is COc1cc(CNc2ccc(F)c(Cl)c2)cc([N+](=O)[O-])c1. The lowest BCUT2D eigenvalue weighted by Crippen LogP contribution is -2.01. The van der Waals surface area contributed by atoms with Gasteiger partial charge in [-0.05, 0) is 29.8 Å². The van der Waals surface area contributed by atoms with Crippen LogP contribution >= 0.6 is 11.6 Å². The summed E-state index contributed by atoms with van der Waals surface area (Å²) in [6, 6.07) is 8.71. The fourth-order valence-electron chi connectivity index (χ4n) is 1.78. The number of methoxy groups -OCH3 is 1. The minimum atomic E-state index is -0.501.